The number of aromatic amines is 1. The molecule has 8 nitrogen and oxygen atoms in total. The Morgan fingerprint density at radius 2 is 1.74 bits per heavy atom. The zero-order valence-electron chi connectivity index (χ0n) is 21.5. The predicted octanol–water partition coefficient (Wildman–Crippen LogP) is 5.52. The Bertz CT molecular complexity index is 1640. The molecule has 0 spiro atoms. The van der Waals surface area contributed by atoms with E-state index in [0.29, 0.717) is 28.1 Å². The molecule has 3 aromatic carbocycles. The second-order valence-corrected chi connectivity index (χ2v) is 10.7. The van der Waals surface area contributed by atoms with E-state index in [1.807, 2.05) is 49.4 Å². The molecular formula is C30H27N3O5. The summed E-state index contributed by atoms with van der Waals surface area (Å²) in [7, 11) is 0. The van der Waals surface area contributed by atoms with Crippen LogP contribution in [0.4, 0.5) is 5.95 Å². The summed E-state index contributed by atoms with van der Waals surface area (Å²) < 4.78 is 10.8. The number of ketones is 1. The van der Waals surface area contributed by atoms with Crippen molar-refractivity contribution in [3.8, 4) is 11.5 Å². The molecule has 0 saturated carbocycles. The van der Waals surface area contributed by atoms with Crippen molar-refractivity contribution in [1.29, 1.82) is 0 Å². The van der Waals surface area contributed by atoms with E-state index in [2.05, 4.69) is 30.7 Å². The highest BCUT2D eigenvalue weighted by Crippen LogP contribution is 2.43. The van der Waals surface area contributed by atoms with Crippen molar-refractivity contribution in [2.75, 3.05) is 11.7 Å². The van der Waals surface area contributed by atoms with Crippen molar-refractivity contribution in [3.63, 3.8) is 0 Å². The molecule has 1 amide bonds. The Morgan fingerprint density at radius 1 is 1.00 bits per heavy atom. The summed E-state index contributed by atoms with van der Waals surface area (Å²) in [6, 6.07) is 17.5. The Morgan fingerprint density at radius 3 is 2.47 bits per heavy atom. The third-order valence-electron chi connectivity index (χ3n) is 7.04. The van der Waals surface area contributed by atoms with Gasteiger partial charge in [0.05, 0.1) is 22.6 Å². The van der Waals surface area contributed by atoms with Crippen LogP contribution in [0.5, 0.6) is 11.5 Å². The normalized spacial score (nSPS) is 18.5. The van der Waals surface area contributed by atoms with Crippen LogP contribution in [0.3, 0.4) is 0 Å². The number of imidazole rings is 1. The standard InChI is InChI=1S/C30H27N3O5/c1-16-5-11-20-21(13-16)32-29(31-20)33-25(17-6-9-19(10-7-17)30(2,3)4)24(27(35)28(33)36)26(34)18-8-12-22-23(14-18)38-15-37-22/h5-14,25,34H,15H2,1-4H3,(H,31,32)/b26-24+. The van der Waals surface area contributed by atoms with E-state index >= 15 is 0 Å². The average Bonchev–Trinajstić information content (AvgIpc) is 3.59. The van der Waals surface area contributed by atoms with Gasteiger partial charge >= 0.3 is 5.91 Å². The monoisotopic (exact) mass is 509 g/mol. The van der Waals surface area contributed by atoms with Crippen molar-refractivity contribution < 1.29 is 24.2 Å². The van der Waals surface area contributed by atoms with Gasteiger partial charge in [0, 0.05) is 5.56 Å². The number of carbonyl (C=O) groups is 2. The molecule has 1 aromatic heterocycles. The molecule has 0 radical (unpaired) electrons. The maximum absolute atomic E-state index is 13.5. The van der Waals surface area contributed by atoms with Gasteiger partial charge in [-0.3, -0.25) is 14.5 Å². The van der Waals surface area contributed by atoms with Crippen molar-refractivity contribution in [2.24, 2.45) is 0 Å². The molecular weight excluding hydrogens is 482 g/mol. The first kappa shape index (κ1) is 23.8. The highest BCUT2D eigenvalue weighted by atomic mass is 16.7. The van der Waals surface area contributed by atoms with Crippen LogP contribution in [0, 0.1) is 6.92 Å². The first-order valence-electron chi connectivity index (χ1n) is 12.4. The number of anilines is 1. The summed E-state index contributed by atoms with van der Waals surface area (Å²) in [5, 5.41) is 11.4. The third-order valence-corrected chi connectivity index (χ3v) is 7.04. The van der Waals surface area contributed by atoms with E-state index in [1.165, 1.54) is 4.90 Å². The number of H-pyrrole nitrogens is 1. The molecule has 3 heterocycles. The second kappa shape index (κ2) is 8.48. The number of nitrogens with zero attached hydrogens (tertiary/aromatic N) is 2. The lowest BCUT2D eigenvalue weighted by Crippen LogP contribution is -2.30. The molecule has 1 atom stereocenters. The number of hydrogen-bond donors (Lipinski definition) is 2. The lowest BCUT2D eigenvalue weighted by molar-refractivity contribution is -0.132. The highest BCUT2D eigenvalue weighted by molar-refractivity contribution is 6.51. The van der Waals surface area contributed by atoms with E-state index in [0.717, 1.165) is 16.6 Å². The fourth-order valence-electron chi connectivity index (χ4n) is 4.96. The van der Waals surface area contributed by atoms with Gasteiger partial charge in [0.1, 0.15) is 5.76 Å². The van der Waals surface area contributed by atoms with Gasteiger partial charge < -0.3 is 19.6 Å². The lowest BCUT2D eigenvalue weighted by Gasteiger charge is -2.25. The molecule has 0 aliphatic carbocycles. The van der Waals surface area contributed by atoms with E-state index in [9.17, 15) is 14.7 Å². The smallest absolute Gasteiger partial charge is 0.302 e. The van der Waals surface area contributed by atoms with Crippen LogP contribution in [-0.2, 0) is 15.0 Å². The molecule has 6 rings (SSSR count). The van der Waals surface area contributed by atoms with Crippen molar-refractivity contribution >= 4 is 34.4 Å². The van der Waals surface area contributed by atoms with Crippen LogP contribution in [0.15, 0.2) is 66.2 Å². The van der Waals surface area contributed by atoms with Crippen LogP contribution < -0.4 is 14.4 Å². The van der Waals surface area contributed by atoms with Gasteiger partial charge in [0.15, 0.2) is 11.5 Å². The number of aromatic nitrogens is 2. The van der Waals surface area contributed by atoms with Crippen LogP contribution in [-0.4, -0.2) is 33.6 Å². The minimum absolute atomic E-state index is 0.0194. The van der Waals surface area contributed by atoms with Gasteiger partial charge in [-0.1, -0.05) is 51.1 Å². The summed E-state index contributed by atoms with van der Waals surface area (Å²) in [5.74, 6) is -0.603. The summed E-state index contributed by atoms with van der Waals surface area (Å²) in [6.45, 7) is 8.39. The van der Waals surface area contributed by atoms with Crippen LogP contribution in [0.25, 0.3) is 16.8 Å². The molecule has 1 fully saturated rings. The minimum atomic E-state index is -0.892. The number of aliphatic hydroxyl groups excluding tert-OH is 1. The fourth-order valence-corrected chi connectivity index (χ4v) is 4.96. The second-order valence-electron chi connectivity index (χ2n) is 10.7. The van der Waals surface area contributed by atoms with E-state index < -0.39 is 17.7 Å². The molecule has 2 N–H and O–H groups in total. The molecule has 8 heteroatoms. The van der Waals surface area contributed by atoms with Gasteiger partial charge in [0.2, 0.25) is 12.7 Å². The maximum Gasteiger partial charge on any atom is 0.302 e. The van der Waals surface area contributed by atoms with Crippen molar-refractivity contribution in [2.45, 2.75) is 39.2 Å². The van der Waals surface area contributed by atoms with Crippen LogP contribution >= 0.6 is 0 Å². The summed E-state index contributed by atoms with van der Waals surface area (Å²) in [4.78, 5) is 36.2. The van der Waals surface area contributed by atoms with Crippen molar-refractivity contribution in [3.05, 3.63) is 88.5 Å². The number of nitrogens with one attached hydrogen (secondary N) is 1. The molecule has 192 valence electrons. The highest BCUT2D eigenvalue weighted by Gasteiger charge is 2.48. The predicted molar refractivity (Wildman–Crippen MR) is 143 cm³/mol. The molecule has 38 heavy (non-hydrogen) atoms. The molecule has 2 aliphatic heterocycles. The number of aryl methyl sites for hydroxylation is 1. The average molecular weight is 510 g/mol. The maximum atomic E-state index is 13.5. The van der Waals surface area contributed by atoms with Crippen LogP contribution in [0.1, 0.15) is 49.1 Å². The number of rotatable bonds is 3. The Kier molecular flexibility index (Phi) is 5.31. The Hall–Kier alpha value is -4.59. The largest absolute Gasteiger partial charge is 0.507 e. The number of Topliss-reactive ketones (excluding diaryl/α,β-unsaturated/α-hetero) is 1. The number of hydrogen-bond acceptors (Lipinski definition) is 6. The fraction of sp³-hybridized carbons (Fsp3) is 0.233. The van der Waals surface area contributed by atoms with Gasteiger partial charge in [-0.15, -0.1) is 0 Å². The first-order chi connectivity index (χ1) is 18.1. The molecule has 1 unspecified atom stereocenters. The molecule has 0 bridgehead atoms. The molecule has 1 saturated heterocycles. The van der Waals surface area contributed by atoms with Gasteiger partial charge in [-0.05, 0) is 59.4 Å². The van der Waals surface area contributed by atoms with E-state index in [4.69, 9.17) is 9.47 Å². The lowest BCUT2D eigenvalue weighted by atomic mass is 9.85. The van der Waals surface area contributed by atoms with Crippen LogP contribution in [0.2, 0.25) is 0 Å². The Balaban J connectivity index is 1.54. The summed E-state index contributed by atoms with van der Waals surface area (Å²) in [6.07, 6.45) is 0. The summed E-state index contributed by atoms with van der Waals surface area (Å²) >= 11 is 0. The topological polar surface area (TPSA) is 105 Å². The molecule has 2 aliphatic rings. The number of benzene rings is 3. The van der Waals surface area contributed by atoms with E-state index in [1.54, 1.807) is 18.2 Å². The van der Waals surface area contributed by atoms with E-state index in [-0.39, 0.29) is 29.5 Å². The van der Waals surface area contributed by atoms with Gasteiger partial charge in [-0.2, -0.15) is 0 Å². The molecule has 4 aromatic rings. The minimum Gasteiger partial charge on any atom is -0.507 e. The SMILES string of the molecule is Cc1ccc2nc(N3C(=O)C(=O)/C(=C(/O)c4ccc5c(c4)OCO5)C3c3ccc(C(C)(C)C)cc3)[nH]c2c1. The van der Waals surface area contributed by atoms with Crippen molar-refractivity contribution in [1.82, 2.24) is 9.97 Å². The number of amides is 1. The van der Waals surface area contributed by atoms with Gasteiger partial charge in [0.25, 0.3) is 5.78 Å². The summed E-state index contributed by atoms with van der Waals surface area (Å²) in [5.41, 5.74) is 4.49. The first-order valence-corrected chi connectivity index (χ1v) is 12.4. The number of fused-ring (bicyclic) bond motifs is 2. The number of carbonyl (C=O) groups excluding carboxylic acids is 2. The zero-order valence-corrected chi connectivity index (χ0v) is 21.5. The number of aliphatic hydroxyl groups is 1. The zero-order chi connectivity index (χ0) is 26.8. The Labute approximate surface area is 219 Å². The van der Waals surface area contributed by atoms with Gasteiger partial charge in [-0.25, -0.2) is 4.98 Å². The third kappa shape index (κ3) is 3.80. The quantitative estimate of drug-likeness (QED) is 0.214. The number of ether oxygens (including phenoxy) is 2.